The van der Waals surface area contributed by atoms with E-state index >= 15 is 0 Å². The summed E-state index contributed by atoms with van der Waals surface area (Å²) in [4.78, 5) is 12.1. The van der Waals surface area contributed by atoms with Crippen molar-refractivity contribution in [1.82, 2.24) is 9.88 Å². The Kier molecular flexibility index (Phi) is 4.12. The summed E-state index contributed by atoms with van der Waals surface area (Å²) >= 11 is 0. The summed E-state index contributed by atoms with van der Waals surface area (Å²) in [7, 11) is 0. The lowest BCUT2D eigenvalue weighted by atomic mass is 10.1. The van der Waals surface area contributed by atoms with Gasteiger partial charge >= 0.3 is 0 Å². The minimum atomic E-state index is -0.316. The molecule has 23 heavy (non-hydrogen) atoms. The van der Waals surface area contributed by atoms with E-state index in [4.69, 9.17) is 5.26 Å². The summed E-state index contributed by atoms with van der Waals surface area (Å²) in [5.74, 6) is -0.316. The third-order valence-electron chi connectivity index (χ3n) is 3.86. The Morgan fingerprint density at radius 1 is 1.35 bits per heavy atom. The van der Waals surface area contributed by atoms with Crippen molar-refractivity contribution in [2.45, 2.75) is 31.8 Å². The number of hydrogen-bond acceptors (Lipinski definition) is 3. The second-order valence-corrected chi connectivity index (χ2v) is 5.62. The fourth-order valence-corrected chi connectivity index (χ4v) is 2.54. The number of nitrogens with zero attached hydrogens (tertiary/aromatic N) is 3. The molecule has 0 saturated heterocycles. The number of rotatable bonds is 5. The van der Waals surface area contributed by atoms with Crippen LogP contribution in [0.25, 0.3) is 17.0 Å². The molecule has 5 nitrogen and oxygen atoms in total. The van der Waals surface area contributed by atoms with Crippen molar-refractivity contribution in [1.29, 1.82) is 10.5 Å². The molecule has 1 aliphatic carbocycles. The van der Waals surface area contributed by atoms with Crippen LogP contribution in [0.3, 0.4) is 0 Å². The van der Waals surface area contributed by atoms with Crippen LogP contribution in [0.1, 0.15) is 24.8 Å². The summed E-state index contributed by atoms with van der Waals surface area (Å²) in [6.07, 6.45) is 5.90. The van der Waals surface area contributed by atoms with Crippen molar-refractivity contribution in [2.24, 2.45) is 0 Å². The number of para-hydroxylation sites is 1. The molecule has 1 aliphatic rings. The average molecular weight is 304 g/mol. The Balaban J connectivity index is 1.97. The molecule has 0 bridgehead atoms. The average Bonchev–Trinajstić information content (AvgIpc) is 3.31. The van der Waals surface area contributed by atoms with Gasteiger partial charge in [-0.05, 0) is 25.0 Å². The van der Waals surface area contributed by atoms with Gasteiger partial charge in [-0.2, -0.15) is 10.5 Å². The van der Waals surface area contributed by atoms with E-state index in [0.29, 0.717) is 13.0 Å². The molecule has 1 N–H and O–H groups in total. The van der Waals surface area contributed by atoms with Gasteiger partial charge in [0.1, 0.15) is 11.6 Å². The van der Waals surface area contributed by atoms with Gasteiger partial charge in [0.2, 0.25) is 0 Å². The van der Waals surface area contributed by atoms with E-state index < -0.39 is 0 Å². The molecule has 1 amide bonds. The van der Waals surface area contributed by atoms with Gasteiger partial charge in [0.25, 0.3) is 5.91 Å². The Labute approximate surface area is 134 Å². The molecule has 0 spiro atoms. The van der Waals surface area contributed by atoms with Crippen LogP contribution >= 0.6 is 0 Å². The van der Waals surface area contributed by atoms with Crippen LogP contribution in [0.5, 0.6) is 0 Å². The Morgan fingerprint density at radius 3 is 2.83 bits per heavy atom. The molecular weight excluding hydrogens is 288 g/mol. The zero-order chi connectivity index (χ0) is 16.2. The van der Waals surface area contributed by atoms with E-state index in [9.17, 15) is 10.1 Å². The first-order valence-corrected chi connectivity index (χ1v) is 7.60. The maximum Gasteiger partial charge on any atom is 0.262 e. The highest BCUT2D eigenvalue weighted by Gasteiger charge is 2.24. The minimum absolute atomic E-state index is 0.111. The number of carbonyl (C=O) groups excluding carboxylic acids is 1. The van der Waals surface area contributed by atoms with Crippen molar-refractivity contribution in [3.05, 3.63) is 41.6 Å². The predicted molar refractivity (Wildman–Crippen MR) is 86.9 cm³/mol. The quantitative estimate of drug-likeness (QED) is 0.681. The van der Waals surface area contributed by atoms with E-state index in [-0.39, 0.29) is 17.5 Å². The van der Waals surface area contributed by atoms with Gasteiger partial charge in [-0.3, -0.25) is 4.79 Å². The first kappa shape index (κ1) is 14.9. The van der Waals surface area contributed by atoms with Crippen LogP contribution in [0, 0.1) is 22.7 Å². The first-order chi connectivity index (χ1) is 11.2. The molecule has 5 heteroatoms. The van der Waals surface area contributed by atoms with Gasteiger partial charge in [0.15, 0.2) is 0 Å². The largest absolute Gasteiger partial charge is 0.349 e. The van der Waals surface area contributed by atoms with E-state index in [0.717, 1.165) is 29.3 Å². The van der Waals surface area contributed by atoms with E-state index in [1.807, 2.05) is 41.1 Å². The predicted octanol–water partition coefficient (Wildman–Crippen LogP) is 2.74. The van der Waals surface area contributed by atoms with Crippen LogP contribution in [0.2, 0.25) is 0 Å². The standard InChI is InChI=1S/C18H16N4O/c19-8-3-9-22-12-14(16-4-1-2-5-17(16)22)10-13(11-20)18(23)21-15-6-7-15/h1-2,4-5,10,12,15H,3,6-7,9H2,(H,21,23)/b13-10+. The molecule has 2 aromatic rings. The van der Waals surface area contributed by atoms with Gasteiger partial charge in [0, 0.05) is 35.2 Å². The highest BCUT2D eigenvalue weighted by atomic mass is 16.1. The molecule has 0 aliphatic heterocycles. The SMILES string of the molecule is N#CCCn1cc(/C=C(\C#N)C(=O)NC2CC2)c2ccccc21. The van der Waals surface area contributed by atoms with Crippen LogP contribution in [-0.4, -0.2) is 16.5 Å². The molecule has 1 saturated carbocycles. The van der Waals surface area contributed by atoms with Crippen molar-refractivity contribution in [2.75, 3.05) is 0 Å². The van der Waals surface area contributed by atoms with Gasteiger partial charge in [-0.15, -0.1) is 0 Å². The van der Waals surface area contributed by atoms with E-state index in [2.05, 4.69) is 11.4 Å². The smallest absolute Gasteiger partial charge is 0.262 e. The molecule has 1 aromatic carbocycles. The Morgan fingerprint density at radius 2 is 2.13 bits per heavy atom. The van der Waals surface area contributed by atoms with Crippen molar-refractivity contribution in [3.8, 4) is 12.1 Å². The number of benzene rings is 1. The number of aryl methyl sites for hydroxylation is 1. The maximum absolute atomic E-state index is 12.1. The number of fused-ring (bicyclic) bond motifs is 1. The zero-order valence-electron chi connectivity index (χ0n) is 12.6. The highest BCUT2D eigenvalue weighted by Crippen LogP contribution is 2.24. The van der Waals surface area contributed by atoms with E-state index in [1.165, 1.54) is 0 Å². The summed E-state index contributed by atoms with van der Waals surface area (Å²) in [5.41, 5.74) is 1.93. The second-order valence-electron chi connectivity index (χ2n) is 5.62. The lowest BCUT2D eigenvalue weighted by Gasteiger charge is -2.00. The van der Waals surface area contributed by atoms with Gasteiger partial charge in [-0.1, -0.05) is 18.2 Å². The van der Waals surface area contributed by atoms with Crippen molar-refractivity contribution < 1.29 is 4.79 Å². The second kappa shape index (κ2) is 6.37. The minimum Gasteiger partial charge on any atom is -0.349 e. The Hall–Kier alpha value is -3.05. The molecule has 0 radical (unpaired) electrons. The van der Waals surface area contributed by atoms with Gasteiger partial charge < -0.3 is 9.88 Å². The molecule has 0 unspecified atom stereocenters. The lowest BCUT2D eigenvalue weighted by molar-refractivity contribution is -0.117. The molecular formula is C18H16N4O. The fourth-order valence-electron chi connectivity index (χ4n) is 2.54. The van der Waals surface area contributed by atoms with Crippen LogP contribution in [-0.2, 0) is 11.3 Å². The number of amides is 1. The fraction of sp³-hybridized carbons (Fsp3) is 0.278. The third-order valence-corrected chi connectivity index (χ3v) is 3.86. The van der Waals surface area contributed by atoms with Crippen molar-refractivity contribution >= 4 is 22.9 Å². The monoisotopic (exact) mass is 304 g/mol. The number of carbonyl (C=O) groups is 1. The number of nitriles is 2. The van der Waals surface area contributed by atoms with Crippen LogP contribution < -0.4 is 5.32 Å². The zero-order valence-corrected chi connectivity index (χ0v) is 12.6. The summed E-state index contributed by atoms with van der Waals surface area (Å²) in [6, 6.07) is 12.1. The lowest BCUT2D eigenvalue weighted by Crippen LogP contribution is -2.26. The molecule has 1 aromatic heterocycles. The summed E-state index contributed by atoms with van der Waals surface area (Å²) < 4.78 is 1.98. The van der Waals surface area contributed by atoms with Crippen LogP contribution in [0.4, 0.5) is 0 Å². The molecule has 0 atom stereocenters. The normalized spacial score (nSPS) is 14.3. The summed E-state index contributed by atoms with van der Waals surface area (Å²) in [5, 5.41) is 21.9. The highest BCUT2D eigenvalue weighted by molar-refractivity contribution is 6.04. The van der Waals surface area contributed by atoms with Crippen LogP contribution in [0.15, 0.2) is 36.0 Å². The Bertz CT molecular complexity index is 859. The number of aromatic nitrogens is 1. The molecule has 1 heterocycles. The molecule has 114 valence electrons. The molecule has 3 rings (SSSR count). The van der Waals surface area contributed by atoms with Crippen molar-refractivity contribution in [3.63, 3.8) is 0 Å². The third kappa shape index (κ3) is 3.25. The number of nitrogens with one attached hydrogen (secondary N) is 1. The van der Waals surface area contributed by atoms with Gasteiger partial charge in [0.05, 0.1) is 12.5 Å². The topological polar surface area (TPSA) is 81.6 Å². The molecule has 1 fully saturated rings. The van der Waals surface area contributed by atoms with E-state index in [1.54, 1.807) is 6.08 Å². The van der Waals surface area contributed by atoms with Gasteiger partial charge in [-0.25, -0.2) is 0 Å². The number of hydrogen-bond donors (Lipinski definition) is 1. The maximum atomic E-state index is 12.1. The summed E-state index contributed by atoms with van der Waals surface area (Å²) in [6.45, 7) is 0.584. The first-order valence-electron chi connectivity index (χ1n) is 7.60.